The summed E-state index contributed by atoms with van der Waals surface area (Å²) >= 11 is 0. The molecule has 1 unspecified atom stereocenters. The Morgan fingerprint density at radius 3 is 2.23 bits per heavy atom. The van der Waals surface area contributed by atoms with Gasteiger partial charge in [-0.1, -0.05) is 20.8 Å². The molecule has 2 fully saturated rings. The number of hydrogen-bond donors (Lipinski definition) is 2. The van der Waals surface area contributed by atoms with E-state index < -0.39 is 0 Å². The van der Waals surface area contributed by atoms with Crippen molar-refractivity contribution in [1.29, 1.82) is 0 Å². The van der Waals surface area contributed by atoms with Crippen LogP contribution in [0.1, 0.15) is 40.0 Å². The highest BCUT2D eigenvalue weighted by Gasteiger charge is 2.20. The maximum absolute atomic E-state index is 4.44. The molecule has 152 valence electrons. The van der Waals surface area contributed by atoms with Gasteiger partial charge in [0, 0.05) is 65.4 Å². The van der Waals surface area contributed by atoms with E-state index in [2.05, 4.69) is 51.1 Å². The van der Waals surface area contributed by atoms with Crippen LogP contribution < -0.4 is 10.6 Å². The predicted octanol–water partition coefficient (Wildman–Crippen LogP) is 1.30. The Bertz CT molecular complexity index is 397. The number of nitrogens with zero attached hydrogens (tertiary/aromatic N) is 4. The van der Waals surface area contributed by atoms with Crippen LogP contribution in [-0.4, -0.2) is 99.2 Å². The third-order valence-electron chi connectivity index (χ3n) is 5.79. The average Bonchev–Trinajstić information content (AvgIpc) is 2.67. The van der Waals surface area contributed by atoms with Crippen LogP contribution in [0.25, 0.3) is 0 Å². The third kappa shape index (κ3) is 7.41. The number of piperazine rings is 1. The van der Waals surface area contributed by atoms with Gasteiger partial charge in [-0.2, -0.15) is 0 Å². The lowest BCUT2D eigenvalue weighted by Crippen LogP contribution is -2.50. The Kier molecular flexibility index (Phi) is 9.72. The van der Waals surface area contributed by atoms with Gasteiger partial charge in [0.25, 0.3) is 0 Å². The van der Waals surface area contributed by atoms with Crippen LogP contribution in [0.2, 0.25) is 0 Å². The molecule has 2 aliphatic heterocycles. The number of rotatable bonds is 8. The summed E-state index contributed by atoms with van der Waals surface area (Å²) in [6, 6.07) is 0.562. The summed E-state index contributed by atoms with van der Waals surface area (Å²) in [7, 11) is 1.89. The van der Waals surface area contributed by atoms with E-state index in [9.17, 15) is 0 Å². The molecule has 2 N–H and O–H groups in total. The van der Waals surface area contributed by atoms with Gasteiger partial charge in [-0.3, -0.25) is 4.99 Å². The van der Waals surface area contributed by atoms with E-state index >= 15 is 0 Å². The molecule has 0 bridgehead atoms. The lowest BCUT2D eigenvalue weighted by molar-refractivity contribution is 0.124. The van der Waals surface area contributed by atoms with Crippen molar-refractivity contribution in [3.63, 3.8) is 0 Å². The summed E-state index contributed by atoms with van der Waals surface area (Å²) in [6.07, 6.45) is 3.70. The minimum Gasteiger partial charge on any atom is -0.356 e. The minimum atomic E-state index is 0.562. The highest BCUT2D eigenvalue weighted by atomic mass is 15.3. The van der Waals surface area contributed by atoms with E-state index in [4.69, 9.17) is 0 Å². The molecule has 1 atom stereocenters. The van der Waals surface area contributed by atoms with E-state index in [1.54, 1.807) is 0 Å². The van der Waals surface area contributed by atoms with E-state index in [1.807, 2.05) is 7.05 Å². The van der Waals surface area contributed by atoms with Crippen LogP contribution in [0.3, 0.4) is 0 Å². The summed E-state index contributed by atoms with van der Waals surface area (Å²) in [4.78, 5) is 12.2. The van der Waals surface area contributed by atoms with Crippen LogP contribution >= 0.6 is 0 Å². The first-order chi connectivity index (χ1) is 12.6. The van der Waals surface area contributed by atoms with Crippen molar-refractivity contribution < 1.29 is 0 Å². The van der Waals surface area contributed by atoms with Crippen molar-refractivity contribution in [2.24, 2.45) is 10.9 Å². The van der Waals surface area contributed by atoms with Crippen molar-refractivity contribution in [1.82, 2.24) is 25.3 Å². The van der Waals surface area contributed by atoms with Crippen LogP contribution in [-0.2, 0) is 0 Å². The van der Waals surface area contributed by atoms with E-state index in [-0.39, 0.29) is 0 Å². The van der Waals surface area contributed by atoms with Crippen LogP contribution in [0, 0.1) is 5.92 Å². The molecule has 2 rings (SSSR count). The molecule has 0 aliphatic carbocycles. The van der Waals surface area contributed by atoms with Crippen molar-refractivity contribution in [3.05, 3.63) is 0 Å². The number of nitrogens with one attached hydrogen (secondary N) is 2. The largest absolute Gasteiger partial charge is 0.356 e. The molecule has 0 spiro atoms. The quantitative estimate of drug-likeness (QED) is 0.501. The second-order valence-electron chi connectivity index (χ2n) is 8.05. The summed E-state index contributed by atoms with van der Waals surface area (Å²) < 4.78 is 0. The van der Waals surface area contributed by atoms with E-state index in [1.165, 1.54) is 78.2 Å². The van der Waals surface area contributed by atoms with Crippen molar-refractivity contribution in [2.45, 2.75) is 46.1 Å². The number of hydrogen-bond acceptors (Lipinski definition) is 4. The van der Waals surface area contributed by atoms with Gasteiger partial charge in [-0.05, 0) is 38.3 Å². The fraction of sp³-hybridized carbons (Fsp3) is 0.950. The minimum absolute atomic E-state index is 0.562. The van der Waals surface area contributed by atoms with Crippen molar-refractivity contribution >= 4 is 5.96 Å². The van der Waals surface area contributed by atoms with Gasteiger partial charge in [-0.25, -0.2) is 0 Å². The standard InChI is InChI=1S/C20H42N6/c1-5-9-25-10-7-19(8-11-25)23-20(21-4)22-16-18(3)17-26-14-12-24(6-2)13-15-26/h18-19H,5-17H2,1-4H3,(H2,21,22,23). The SMILES string of the molecule is CCCN1CCC(NC(=NC)NCC(C)CN2CCN(CC)CC2)CC1. The molecule has 6 heteroatoms. The Hall–Kier alpha value is -0.850. The first-order valence-corrected chi connectivity index (χ1v) is 10.8. The van der Waals surface area contributed by atoms with Gasteiger partial charge in [0.2, 0.25) is 0 Å². The van der Waals surface area contributed by atoms with Gasteiger partial charge < -0.3 is 25.3 Å². The first-order valence-electron chi connectivity index (χ1n) is 10.8. The summed E-state index contributed by atoms with van der Waals surface area (Å²) in [5.74, 6) is 1.61. The number of piperidine rings is 1. The highest BCUT2D eigenvalue weighted by molar-refractivity contribution is 5.79. The normalized spacial score (nSPS) is 23.2. The number of likely N-dealkylation sites (N-methyl/N-ethyl adjacent to an activating group) is 1. The van der Waals surface area contributed by atoms with Crippen molar-refractivity contribution in [2.75, 3.05) is 72.5 Å². The Balaban J connectivity index is 1.62. The Morgan fingerprint density at radius 1 is 1.00 bits per heavy atom. The lowest BCUT2D eigenvalue weighted by Gasteiger charge is -2.35. The lowest BCUT2D eigenvalue weighted by atomic mass is 10.1. The smallest absolute Gasteiger partial charge is 0.191 e. The molecule has 6 nitrogen and oxygen atoms in total. The maximum Gasteiger partial charge on any atom is 0.191 e. The number of guanidine groups is 1. The van der Waals surface area contributed by atoms with Gasteiger partial charge >= 0.3 is 0 Å². The molecule has 0 amide bonds. The molecule has 0 radical (unpaired) electrons. The predicted molar refractivity (Wildman–Crippen MR) is 112 cm³/mol. The van der Waals surface area contributed by atoms with E-state index in [0.717, 1.165) is 12.5 Å². The molecule has 2 heterocycles. The van der Waals surface area contributed by atoms with Gasteiger partial charge in [-0.15, -0.1) is 0 Å². The number of aliphatic imine (C=N–C) groups is 1. The van der Waals surface area contributed by atoms with Crippen LogP contribution in [0.5, 0.6) is 0 Å². The molecule has 0 aromatic heterocycles. The Morgan fingerprint density at radius 2 is 1.65 bits per heavy atom. The molecule has 0 aromatic rings. The summed E-state index contributed by atoms with van der Waals surface area (Å²) in [6.45, 7) is 18.7. The van der Waals surface area contributed by atoms with Crippen molar-refractivity contribution in [3.8, 4) is 0 Å². The molecule has 26 heavy (non-hydrogen) atoms. The highest BCUT2D eigenvalue weighted by Crippen LogP contribution is 2.10. The topological polar surface area (TPSA) is 46.1 Å². The molecule has 2 saturated heterocycles. The summed E-state index contributed by atoms with van der Waals surface area (Å²) in [5.41, 5.74) is 0. The third-order valence-corrected chi connectivity index (χ3v) is 5.79. The first kappa shape index (κ1) is 21.5. The van der Waals surface area contributed by atoms with Crippen LogP contribution in [0.4, 0.5) is 0 Å². The second-order valence-corrected chi connectivity index (χ2v) is 8.05. The molecular formula is C20H42N6. The van der Waals surface area contributed by atoms with Gasteiger partial charge in [0.15, 0.2) is 5.96 Å². The van der Waals surface area contributed by atoms with E-state index in [0.29, 0.717) is 12.0 Å². The second kappa shape index (κ2) is 11.8. The average molecular weight is 367 g/mol. The Labute approximate surface area is 161 Å². The molecule has 0 saturated carbocycles. The maximum atomic E-state index is 4.44. The zero-order valence-corrected chi connectivity index (χ0v) is 17.6. The fourth-order valence-electron chi connectivity index (χ4n) is 4.07. The zero-order chi connectivity index (χ0) is 18.8. The number of likely N-dealkylation sites (tertiary alicyclic amines) is 1. The summed E-state index contributed by atoms with van der Waals surface area (Å²) in [5, 5.41) is 7.18. The molecule has 0 aromatic carbocycles. The molecular weight excluding hydrogens is 324 g/mol. The fourth-order valence-corrected chi connectivity index (χ4v) is 4.07. The zero-order valence-electron chi connectivity index (χ0n) is 17.6. The van der Waals surface area contributed by atoms with Crippen LogP contribution in [0.15, 0.2) is 4.99 Å². The monoisotopic (exact) mass is 366 g/mol. The molecule has 2 aliphatic rings. The van der Waals surface area contributed by atoms with Gasteiger partial charge in [0.05, 0.1) is 0 Å². The van der Waals surface area contributed by atoms with Gasteiger partial charge in [0.1, 0.15) is 0 Å².